The largest absolute Gasteiger partial charge is 0.478 e. The highest BCUT2D eigenvalue weighted by atomic mass is 16.4. The summed E-state index contributed by atoms with van der Waals surface area (Å²) in [6.07, 6.45) is 5.69. The molecule has 0 aromatic carbocycles. The summed E-state index contributed by atoms with van der Waals surface area (Å²) in [6, 6.07) is 0. The second kappa shape index (κ2) is 8.17. The first-order chi connectivity index (χ1) is 8.42. The Hall–Kier alpha value is -1.97. The Labute approximate surface area is 107 Å². The SMILES string of the molecule is C=N/C(=C\C(C)=C/C)C(=O)CC/C=C(\C)C(=O)O. The monoisotopic (exact) mass is 249 g/mol. The van der Waals surface area contributed by atoms with Crippen molar-refractivity contribution in [2.45, 2.75) is 33.6 Å². The predicted molar refractivity (Wildman–Crippen MR) is 72.7 cm³/mol. The number of ketones is 1. The maximum Gasteiger partial charge on any atom is 0.330 e. The van der Waals surface area contributed by atoms with E-state index < -0.39 is 5.97 Å². The third kappa shape index (κ3) is 5.94. The molecule has 0 atom stereocenters. The summed E-state index contributed by atoms with van der Waals surface area (Å²) >= 11 is 0. The Kier molecular flexibility index (Phi) is 7.28. The van der Waals surface area contributed by atoms with E-state index >= 15 is 0 Å². The lowest BCUT2D eigenvalue weighted by Gasteiger charge is -2.00. The lowest BCUT2D eigenvalue weighted by atomic mass is 10.1. The van der Waals surface area contributed by atoms with Crippen LogP contribution in [0.2, 0.25) is 0 Å². The quantitative estimate of drug-likeness (QED) is 0.428. The van der Waals surface area contributed by atoms with Gasteiger partial charge in [-0.3, -0.25) is 9.79 Å². The number of rotatable bonds is 7. The lowest BCUT2D eigenvalue weighted by Crippen LogP contribution is -2.01. The zero-order chi connectivity index (χ0) is 14.1. The van der Waals surface area contributed by atoms with E-state index in [0.29, 0.717) is 12.1 Å². The van der Waals surface area contributed by atoms with Crippen LogP contribution >= 0.6 is 0 Å². The average molecular weight is 249 g/mol. The highest BCUT2D eigenvalue weighted by Gasteiger charge is 2.07. The molecule has 1 N–H and O–H groups in total. The minimum Gasteiger partial charge on any atom is -0.478 e. The van der Waals surface area contributed by atoms with Gasteiger partial charge in [0.2, 0.25) is 0 Å². The van der Waals surface area contributed by atoms with Gasteiger partial charge in [-0.1, -0.05) is 17.7 Å². The second-order valence-electron chi connectivity index (χ2n) is 3.87. The number of aliphatic imine (C=N–C) groups is 1. The van der Waals surface area contributed by atoms with Crippen LogP contribution in [0.3, 0.4) is 0 Å². The van der Waals surface area contributed by atoms with Gasteiger partial charge in [-0.2, -0.15) is 0 Å². The molecule has 0 amide bonds. The first kappa shape index (κ1) is 16.0. The summed E-state index contributed by atoms with van der Waals surface area (Å²) in [5.41, 5.74) is 1.49. The van der Waals surface area contributed by atoms with Crippen LogP contribution in [0.1, 0.15) is 33.6 Å². The van der Waals surface area contributed by atoms with Gasteiger partial charge in [0.05, 0.1) is 0 Å². The van der Waals surface area contributed by atoms with Crippen LogP contribution in [0.25, 0.3) is 0 Å². The minimum atomic E-state index is -0.968. The third-order valence-corrected chi connectivity index (χ3v) is 2.44. The van der Waals surface area contributed by atoms with E-state index in [0.717, 1.165) is 5.57 Å². The van der Waals surface area contributed by atoms with Gasteiger partial charge in [-0.15, -0.1) is 0 Å². The van der Waals surface area contributed by atoms with Crippen LogP contribution < -0.4 is 0 Å². The number of carbonyl (C=O) groups excluding carboxylic acids is 1. The number of allylic oxidation sites excluding steroid dienone is 5. The van der Waals surface area contributed by atoms with Gasteiger partial charge in [-0.25, -0.2) is 4.79 Å². The number of carboxylic acids is 1. The van der Waals surface area contributed by atoms with Crippen LogP contribution in [0, 0.1) is 0 Å². The fourth-order valence-electron chi connectivity index (χ4n) is 1.15. The average Bonchev–Trinajstić information content (AvgIpc) is 2.34. The van der Waals surface area contributed by atoms with Crippen LogP contribution in [0.5, 0.6) is 0 Å². The maximum absolute atomic E-state index is 11.8. The van der Waals surface area contributed by atoms with E-state index in [-0.39, 0.29) is 17.8 Å². The zero-order valence-corrected chi connectivity index (χ0v) is 11.1. The summed E-state index contributed by atoms with van der Waals surface area (Å²) in [6.45, 7) is 8.60. The van der Waals surface area contributed by atoms with Crippen molar-refractivity contribution in [3.63, 3.8) is 0 Å². The van der Waals surface area contributed by atoms with Gasteiger partial charge in [0.15, 0.2) is 5.78 Å². The molecule has 0 aliphatic rings. The van der Waals surface area contributed by atoms with Crippen molar-refractivity contribution in [1.29, 1.82) is 0 Å². The van der Waals surface area contributed by atoms with E-state index in [1.807, 2.05) is 19.9 Å². The third-order valence-electron chi connectivity index (χ3n) is 2.44. The molecule has 0 bridgehead atoms. The van der Waals surface area contributed by atoms with Crippen LogP contribution in [-0.2, 0) is 9.59 Å². The first-order valence-electron chi connectivity index (χ1n) is 5.67. The zero-order valence-electron chi connectivity index (χ0n) is 11.1. The van der Waals surface area contributed by atoms with Crippen LogP contribution in [0.15, 0.2) is 40.1 Å². The van der Waals surface area contributed by atoms with Crippen LogP contribution in [-0.4, -0.2) is 23.6 Å². The van der Waals surface area contributed by atoms with Crippen molar-refractivity contribution in [3.05, 3.63) is 35.1 Å². The standard InChI is InChI=1S/C14H19NO3/c1-5-10(2)9-12(15-4)13(16)8-6-7-11(3)14(17)18/h5,7,9H,4,6,8H2,1-3H3,(H,17,18)/b10-5-,11-7+,12-9-. The summed E-state index contributed by atoms with van der Waals surface area (Å²) < 4.78 is 0. The number of aliphatic carboxylic acids is 1. The minimum absolute atomic E-state index is 0.138. The summed E-state index contributed by atoms with van der Waals surface area (Å²) in [5.74, 6) is -1.11. The second-order valence-corrected chi connectivity index (χ2v) is 3.87. The van der Waals surface area contributed by atoms with E-state index in [2.05, 4.69) is 11.7 Å². The number of nitrogens with zero attached hydrogens (tertiary/aromatic N) is 1. The molecular formula is C14H19NO3. The fraction of sp³-hybridized carbons (Fsp3) is 0.357. The van der Waals surface area contributed by atoms with Gasteiger partial charge < -0.3 is 5.11 Å². The van der Waals surface area contributed by atoms with E-state index in [1.54, 1.807) is 6.08 Å². The van der Waals surface area contributed by atoms with Gasteiger partial charge in [-0.05, 0) is 40.0 Å². The summed E-state index contributed by atoms with van der Waals surface area (Å²) in [7, 11) is 0. The fourth-order valence-corrected chi connectivity index (χ4v) is 1.15. The molecule has 0 aromatic rings. The molecule has 98 valence electrons. The maximum atomic E-state index is 11.8. The Morgan fingerprint density at radius 2 is 1.94 bits per heavy atom. The number of hydrogen-bond donors (Lipinski definition) is 1. The molecule has 0 saturated heterocycles. The Balaban J connectivity index is 4.58. The molecule has 0 unspecified atom stereocenters. The molecule has 4 heteroatoms. The Morgan fingerprint density at radius 1 is 1.33 bits per heavy atom. The molecule has 0 heterocycles. The highest BCUT2D eigenvalue weighted by molar-refractivity contribution is 5.96. The lowest BCUT2D eigenvalue weighted by molar-refractivity contribution is -0.132. The molecular weight excluding hydrogens is 230 g/mol. The normalized spacial score (nSPS) is 13.4. The molecule has 0 saturated carbocycles. The number of carboxylic acid groups (broad SMARTS) is 1. The van der Waals surface area contributed by atoms with Crippen molar-refractivity contribution >= 4 is 18.5 Å². The molecule has 0 rings (SSSR count). The first-order valence-corrected chi connectivity index (χ1v) is 5.67. The molecule has 0 radical (unpaired) electrons. The van der Waals surface area contributed by atoms with Crippen molar-refractivity contribution in [3.8, 4) is 0 Å². The van der Waals surface area contributed by atoms with Gasteiger partial charge >= 0.3 is 5.97 Å². The topological polar surface area (TPSA) is 66.7 Å². The molecule has 0 aliphatic carbocycles. The van der Waals surface area contributed by atoms with E-state index in [9.17, 15) is 9.59 Å². The molecule has 0 aliphatic heterocycles. The highest BCUT2D eigenvalue weighted by Crippen LogP contribution is 2.09. The smallest absolute Gasteiger partial charge is 0.330 e. The van der Waals surface area contributed by atoms with Crippen molar-refractivity contribution < 1.29 is 14.7 Å². The molecule has 0 fully saturated rings. The predicted octanol–water partition coefficient (Wildman–Crippen LogP) is 2.92. The molecule has 4 nitrogen and oxygen atoms in total. The summed E-state index contributed by atoms with van der Waals surface area (Å²) in [5, 5.41) is 8.65. The van der Waals surface area contributed by atoms with Gasteiger partial charge in [0, 0.05) is 12.0 Å². The number of Topliss-reactive ketones (excluding diaryl/α,β-unsaturated/α-hetero) is 1. The molecule has 0 aromatic heterocycles. The molecule has 0 spiro atoms. The van der Waals surface area contributed by atoms with Gasteiger partial charge in [0.25, 0.3) is 0 Å². The Bertz CT molecular complexity index is 428. The van der Waals surface area contributed by atoms with Crippen molar-refractivity contribution in [2.24, 2.45) is 4.99 Å². The molecule has 18 heavy (non-hydrogen) atoms. The van der Waals surface area contributed by atoms with Crippen molar-refractivity contribution in [1.82, 2.24) is 0 Å². The van der Waals surface area contributed by atoms with E-state index in [4.69, 9.17) is 5.11 Å². The number of hydrogen-bond acceptors (Lipinski definition) is 3. The Morgan fingerprint density at radius 3 is 2.39 bits per heavy atom. The van der Waals surface area contributed by atoms with Gasteiger partial charge in [0.1, 0.15) is 5.70 Å². The van der Waals surface area contributed by atoms with Crippen molar-refractivity contribution in [2.75, 3.05) is 0 Å². The summed E-state index contributed by atoms with van der Waals surface area (Å²) in [4.78, 5) is 26.0. The number of carbonyl (C=O) groups is 2. The van der Waals surface area contributed by atoms with E-state index in [1.165, 1.54) is 13.0 Å². The van der Waals surface area contributed by atoms with Crippen LogP contribution in [0.4, 0.5) is 0 Å².